The molecule has 1 heterocycles. The molecule has 0 radical (unpaired) electrons. The third kappa shape index (κ3) is 2.56. The Bertz CT molecular complexity index is 419. The van der Waals surface area contributed by atoms with E-state index in [0.717, 1.165) is 24.8 Å². The SMILES string of the molecule is C=C1CCC=C(C)CC2OC(=O)C(=C)C2CC1O. The average Bonchev–Trinajstić information content (AvgIpc) is 2.56. The molecule has 2 aliphatic rings. The number of aliphatic hydroxyl groups is 1. The van der Waals surface area contributed by atoms with E-state index >= 15 is 0 Å². The summed E-state index contributed by atoms with van der Waals surface area (Å²) in [6.07, 6.45) is 4.27. The first-order valence-corrected chi connectivity index (χ1v) is 6.40. The third-order valence-electron chi connectivity index (χ3n) is 3.85. The highest BCUT2D eigenvalue weighted by atomic mass is 16.6. The molecule has 0 aromatic heterocycles. The second kappa shape index (κ2) is 5.11. The van der Waals surface area contributed by atoms with Crippen molar-refractivity contribution in [2.45, 2.75) is 44.8 Å². The number of aliphatic hydroxyl groups excluding tert-OH is 1. The Morgan fingerprint density at radius 2 is 2.17 bits per heavy atom. The van der Waals surface area contributed by atoms with Crippen molar-refractivity contribution < 1.29 is 14.6 Å². The van der Waals surface area contributed by atoms with Crippen LogP contribution in [0.2, 0.25) is 0 Å². The van der Waals surface area contributed by atoms with E-state index in [1.807, 2.05) is 6.92 Å². The summed E-state index contributed by atoms with van der Waals surface area (Å²) in [7, 11) is 0. The predicted molar refractivity (Wildman–Crippen MR) is 69.9 cm³/mol. The molecule has 1 aliphatic carbocycles. The molecule has 1 saturated heterocycles. The summed E-state index contributed by atoms with van der Waals surface area (Å²) in [5.41, 5.74) is 2.53. The van der Waals surface area contributed by atoms with Gasteiger partial charge in [-0.15, -0.1) is 0 Å². The van der Waals surface area contributed by atoms with Crippen molar-refractivity contribution in [1.29, 1.82) is 0 Å². The van der Waals surface area contributed by atoms with Gasteiger partial charge < -0.3 is 9.84 Å². The Balaban J connectivity index is 2.25. The van der Waals surface area contributed by atoms with Gasteiger partial charge in [0, 0.05) is 17.9 Å². The average molecular weight is 248 g/mol. The van der Waals surface area contributed by atoms with Crippen molar-refractivity contribution in [1.82, 2.24) is 0 Å². The highest BCUT2D eigenvalue weighted by Gasteiger charge is 2.39. The molecule has 3 heteroatoms. The molecular weight excluding hydrogens is 228 g/mol. The first-order chi connectivity index (χ1) is 8.49. The molecule has 3 unspecified atom stereocenters. The van der Waals surface area contributed by atoms with Crippen LogP contribution in [0.5, 0.6) is 0 Å². The second-order valence-electron chi connectivity index (χ2n) is 5.28. The van der Waals surface area contributed by atoms with Crippen molar-refractivity contribution in [3.63, 3.8) is 0 Å². The van der Waals surface area contributed by atoms with Crippen LogP contribution in [0.1, 0.15) is 32.6 Å². The van der Waals surface area contributed by atoms with E-state index in [9.17, 15) is 9.90 Å². The van der Waals surface area contributed by atoms with Crippen LogP contribution in [0.4, 0.5) is 0 Å². The van der Waals surface area contributed by atoms with Gasteiger partial charge in [0.2, 0.25) is 0 Å². The summed E-state index contributed by atoms with van der Waals surface area (Å²) in [4.78, 5) is 11.6. The lowest BCUT2D eigenvalue weighted by Gasteiger charge is -2.23. The van der Waals surface area contributed by atoms with E-state index in [1.54, 1.807) is 0 Å². The summed E-state index contributed by atoms with van der Waals surface area (Å²) in [6.45, 7) is 9.76. The Hall–Kier alpha value is -1.35. The lowest BCUT2D eigenvalue weighted by atomic mass is 9.84. The number of carbonyl (C=O) groups excluding carboxylic acids is 1. The number of hydrogen-bond acceptors (Lipinski definition) is 3. The van der Waals surface area contributed by atoms with Gasteiger partial charge in [-0.1, -0.05) is 24.8 Å². The fraction of sp³-hybridized carbons (Fsp3) is 0.533. The molecule has 0 aromatic carbocycles. The van der Waals surface area contributed by atoms with Gasteiger partial charge in [-0.3, -0.25) is 0 Å². The van der Waals surface area contributed by atoms with Crippen LogP contribution in [0.3, 0.4) is 0 Å². The van der Waals surface area contributed by atoms with Crippen LogP contribution >= 0.6 is 0 Å². The molecule has 0 spiro atoms. The minimum absolute atomic E-state index is 0.0919. The van der Waals surface area contributed by atoms with Gasteiger partial charge in [0.15, 0.2) is 0 Å². The molecule has 3 atom stereocenters. The molecule has 0 saturated carbocycles. The largest absolute Gasteiger partial charge is 0.458 e. The maximum absolute atomic E-state index is 11.6. The first-order valence-electron chi connectivity index (χ1n) is 6.40. The van der Waals surface area contributed by atoms with Crippen LogP contribution in [-0.2, 0) is 9.53 Å². The van der Waals surface area contributed by atoms with Crippen molar-refractivity contribution in [3.8, 4) is 0 Å². The van der Waals surface area contributed by atoms with Gasteiger partial charge in [0.05, 0.1) is 6.10 Å². The van der Waals surface area contributed by atoms with Crippen molar-refractivity contribution in [2.24, 2.45) is 5.92 Å². The van der Waals surface area contributed by atoms with E-state index in [1.165, 1.54) is 5.57 Å². The van der Waals surface area contributed by atoms with Crippen LogP contribution < -0.4 is 0 Å². The third-order valence-corrected chi connectivity index (χ3v) is 3.85. The Labute approximate surface area is 108 Å². The maximum Gasteiger partial charge on any atom is 0.334 e. The lowest BCUT2D eigenvalue weighted by Crippen LogP contribution is -2.24. The fourth-order valence-corrected chi connectivity index (χ4v) is 2.63. The van der Waals surface area contributed by atoms with Gasteiger partial charge in [-0.05, 0) is 31.8 Å². The summed E-state index contributed by atoms with van der Waals surface area (Å²) in [5, 5.41) is 10.1. The molecule has 1 N–H and O–H groups in total. The number of fused-ring (bicyclic) bond motifs is 1. The highest BCUT2D eigenvalue weighted by Crippen LogP contribution is 2.36. The number of carbonyl (C=O) groups is 1. The van der Waals surface area contributed by atoms with Gasteiger partial charge >= 0.3 is 5.97 Å². The summed E-state index contributed by atoms with van der Waals surface area (Å²) in [5.74, 6) is -0.416. The van der Waals surface area contributed by atoms with Crippen LogP contribution in [0, 0.1) is 5.92 Å². The van der Waals surface area contributed by atoms with Crippen molar-refractivity contribution in [3.05, 3.63) is 36.0 Å². The number of ether oxygens (including phenoxy) is 1. The maximum atomic E-state index is 11.6. The van der Waals surface area contributed by atoms with Crippen molar-refractivity contribution in [2.75, 3.05) is 0 Å². The monoisotopic (exact) mass is 248 g/mol. The zero-order valence-corrected chi connectivity index (χ0v) is 10.8. The smallest absolute Gasteiger partial charge is 0.334 e. The Morgan fingerprint density at radius 1 is 1.44 bits per heavy atom. The van der Waals surface area contributed by atoms with Crippen molar-refractivity contribution >= 4 is 5.97 Å². The van der Waals surface area contributed by atoms with Crippen LogP contribution in [0.25, 0.3) is 0 Å². The summed E-state index contributed by atoms with van der Waals surface area (Å²) in [6, 6.07) is 0. The normalized spacial score (nSPS) is 33.8. The lowest BCUT2D eigenvalue weighted by molar-refractivity contribution is -0.139. The molecule has 98 valence electrons. The first kappa shape index (κ1) is 13.1. The fourth-order valence-electron chi connectivity index (χ4n) is 2.63. The minimum Gasteiger partial charge on any atom is -0.458 e. The molecule has 2 rings (SSSR count). The number of rotatable bonds is 0. The van der Waals surface area contributed by atoms with Gasteiger partial charge in [-0.2, -0.15) is 0 Å². The number of esters is 1. The topological polar surface area (TPSA) is 46.5 Å². The molecular formula is C15H20O3. The van der Waals surface area contributed by atoms with E-state index in [4.69, 9.17) is 4.74 Å². The quantitative estimate of drug-likeness (QED) is 0.407. The predicted octanol–water partition coefficient (Wildman–Crippen LogP) is 2.52. The number of allylic oxidation sites excluding steroid dienone is 1. The van der Waals surface area contributed by atoms with Crippen LogP contribution in [0.15, 0.2) is 36.0 Å². The molecule has 0 bridgehead atoms. The van der Waals surface area contributed by atoms with Gasteiger partial charge in [0.1, 0.15) is 6.10 Å². The molecule has 18 heavy (non-hydrogen) atoms. The summed E-state index contributed by atoms with van der Waals surface area (Å²) < 4.78 is 5.34. The molecule has 0 aromatic rings. The van der Waals surface area contributed by atoms with E-state index in [-0.39, 0.29) is 18.0 Å². The number of hydrogen-bond donors (Lipinski definition) is 1. The Morgan fingerprint density at radius 3 is 2.89 bits per heavy atom. The van der Waals surface area contributed by atoms with E-state index < -0.39 is 6.10 Å². The summed E-state index contributed by atoms with van der Waals surface area (Å²) >= 11 is 0. The minimum atomic E-state index is -0.574. The molecule has 3 nitrogen and oxygen atoms in total. The molecule has 1 fully saturated rings. The van der Waals surface area contributed by atoms with Crippen LogP contribution in [-0.4, -0.2) is 23.3 Å². The zero-order valence-electron chi connectivity index (χ0n) is 10.8. The Kier molecular flexibility index (Phi) is 3.71. The standard InChI is InChI=1S/C15H20O3/c1-9-5-4-6-10(2)13(16)8-12-11(3)15(17)18-14(12)7-9/h5,12-14,16H,2-4,6-8H2,1H3. The zero-order chi connectivity index (χ0) is 13.3. The van der Waals surface area contributed by atoms with E-state index in [2.05, 4.69) is 19.2 Å². The highest BCUT2D eigenvalue weighted by molar-refractivity contribution is 5.90. The van der Waals surface area contributed by atoms with E-state index in [0.29, 0.717) is 12.0 Å². The van der Waals surface area contributed by atoms with Gasteiger partial charge in [-0.25, -0.2) is 4.79 Å². The van der Waals surface area contributed by atoms with Gasteiger partial charge in [0.25, 0.3) is 0 Å². The molecule has 0 amide bonds. The second-order valence-corrected chi connectivity index (χ2v) is 5.28. The molecule has 1 aliphatic heterocycles.